The lowest BCUT2D eigenvalue weighted by atomic mass is 9.93. The molecule has 0 spiro atoms. The third kappa shape index (κ3) is 3.49. The molecule has 0 aromatic heterocycles. The van der Waals surface area contributed by atoms with Gasteiger partial charge in [0.15, 0.2) is 0 Å². The van der Waals surface area contributed by atoms with Crippen LogP contribution < -0.4 is 0 Å². The van der Waals surface area contributed by atoms with Gasteiger partial charge >= 0.3 is 0 Å². The number of nitrogens with zero attached hydrogens (tertiary/aromatic N) is 1. The van der Waals surface area contributed by atoms with E-state index in [1.807, 2.05) is 11.8 Å². The fourth-order valence-corrected chi connectivity index (χ4v) is 2.11. The summed E-state index contributed by atoms with van der Waals surface area (Å²) in [6.07, 6.45) is 3.94. The lowest BCUT2D eigenvalue weighted by Gasteiger charge is -2.33. The highest BCUT2D eigenvalue weighted by molar-refractivity contribution is 5.78. The van der Waals surface area contributed by atoms with Crippen molar-refractivity contribution in [1.82, 2.24) is 4.90 Å². The standard InChI is InChI=1S/C12H23NO2/c1-3-10(2)12(15)13-7-4-11(5-8-13)6-9-14/h10-11,14H,3-9H2,1-2H3/t10-/m0/s1. The van der Waals surface area contributed by atoms with Gasteiger partial charge in [-0.1, -0.05) is 13.8 Å². The molecule has 0 unspecified atom stereocenters. The maximum Gasteiger partial charge on any atom is 0.225 e. The van der Waals surface area contributed by atoms with Crippen LogP contribution in [0.4, 0.5) is 0 Å². The van der Waals surface area contributed by atoms with Crippen LogP contribution >= 0.6 is 0 Å². The molecule has 1 rings (SSSR count). The third-order valence-electron chi connectivity index (χ3n) is 3.50. The topological polar surface area (TPSA) is 40.5 Å². The summed E-state index contributed by atoms with van der Waals surface area (Å²) in [5.41, 5.74) is 0. The van der Waals surface area contributed by atoms with Crippen molar-refractivity contribution in [2.45, 2.75) is 39.5 Å². The number of aliphatic hydroxyl groups is 1. The molecule has 88 valence electrons. The highest BCUT2D eigenvalue weighted by Crippen LogP contribution is 2.21. The van der Waals surface area contributed by atoms with Crippen LogP contribution in [0.3, 0.4) is 0 Å². The first-order valence-electron chi connectivity index (χ1n) is 6.08. The number of hydrogen-bond acceptors (Lipinski definition) is 2. The molecule has 1 heterocycles. The Kier molecular flexibility index (Phi) is 5.09. The Hall–Kier alpha value is -0.570. The van der Waals surface area contributed by atoms with Crippen molar-refractivity contribution in [3.63, 3.8) is 0 Å². The molecule has 3 heteroatoms. The molecule has 1 amide bonds. The highest BCUT2D eigenvalue weighted by Gasteiger charge is 2.24. The van der Waals surface area contributed by atoms with Crippen LogP contribution in [0.25, 0.3) is 0 Å². The summed E-state index contributed by atoms with van der Waals surface area (Å²) in [5.74, 6) is 1.09. The predicted octanol–water partition coefficient (Wildman–Crippen LogP) is 1.65. The van der Waals surface area contributed by atoms with E-state index < -0.39 is 0 Å². The molecule has 0 radical (unpaired) electrons. The second-order valence-corrected chi connectivity index (χ2v) is 4.59. The molecule has 0 aliphatic carbocycles. The number of carbonyl (C=O) groups is 1. The zero-order chi connectivity index (χ0) is 11.3. The zero-order valence-electron chi connectivity index (χ0n) is 9.91. The molecule has 0 saturated carbocycles. The van der Waals surface area contributed by atoms with Crippen molar-refractivity contribution in [3.05, 3.63) is 0 Å². The van der Waals surface area contributed by atoms with Gasteiger partial charge in [0.25, 0.3) is 0 Å². The Morgan fingerprint density at radius 1 is 1.47 bits per heavy atom. The van der Waals surface area contributed by atoms with Crippen LogP contribution in [0, 0.1) is 11.8 Å². The quantitative estimate of drug-likeness (QED) is 0.771. The monoisotopic (exact) mass is 213 g/mol. The first kappa shape index (κ1) is 12.5. The van der Waals surface area contributed by atoms with Gasteiger partial charge in [-0.2, -0.15) is 0 Å². The van der Waals surface area contributed by atoms with Crippen LogP contribution in [-0.4, -0.2) is 35.6 Å². The molecular formula is C12H23NO2. The summed E-state index contributed by atoms with van der Waals surface area (Å²) < 4.78 is 0. The summed E-state index contributed by atoms with van der Waals surface area (Å²) in [6.45, 7) is 6.11. The number of amides is 1. The highest BCUT2D eigenvalue weighted by atomic mass is 16.3. The average molecular weight is 213 g/mol. The first-order valence-corrected chi connectivity index (χ1v) is 6.08. The maximum absolute atomic E-state index is 11.9. The van der Waals surface area contributed by atoms with E-state index in [2.05, 4.69) is 6.92 Å². The number of likely N-dealkylation sites (tertiary alicyclic amines) is 1. The third-order valence-corrected chi connectivity index (χ3v) is 3.50. The van der Waals surface area contributed by atoms with Crippen LogP contribution in [0.15, 0.2) is 0 Å². The Bertz CT molecular complexity index is 198. The second-order valence-electron chi connectivity index (χ2n) is 4.59. The minimum atomic E-state index is 0.166. The van der Waals surface area contributed by atoms with Crippen LogP contribution in [0.1, 0.15) is 39.5 Å². The molecule has 0 bridgehead atoms. The van der Waals surface area contributed by atoms with Gasteiger partial charge in [-0.25, -0.2) is 0 Å². The van der Waals surface area contributed by atoms with Crippen molar-refractivity contribution in [3.8, 4) is 0 Å². The van der Waals surface area contributed by atoms with E-state index in [4.69, 9.17) is 5.11 Å². The summed E-state index contributed by atoms with van der Waals surface area (Å²) >= 11 is 0. The predicted molar refractivity (Wildman–Crippen MR) is 60.5 cm³/mol. The van der Waals surface area contributed by atoms with Gasteiger partial charge in [0.1, 0.15) is 0 Å². The fraction of sp³-hybridized carbons (Fsp3) is 0.917. The Balaban J connectivity index is 2.33. The van der Waals surface area contributed by atoms with Crippen LogP contribution in [0.2, 0.25) is 0 Å². The normalized spacial score (nSPS) is 20.3. The van der Waals surface area contributed by atoms with Gasteiger partial charge in [0.05, 0.1) is 0 Å². The molecule has 1 atom stereocenters. The molecule has 0 aromatic carbocycles. The van der Waals surface area contributed by atoms with Gasteiger partial charge < -0.3 is 10.0 Å². The molecule has 1 fully saturated rings. The van der Waals surface area contributed by atoms with E-state index in [0.717, 1.165) is 38.8 Å². The van der Waals surface area contributed by atoms with E-state index in [1.54, 1.807) is 0 Å². The number of carbonyl (C=O) groups excluding carboxylic acids is 1. The Morgan fingerprint density at radius 3 is 2.53 bits per heavy atom. The number of aliphatic hydroxyl groups excluding tert-OH is 1. The molecule has 0 aromatic rings. The fourth-order valence-electron chi connectivity index (χ4n) is 2.11. The second kappa shape index (κ2) is 6.11. The number of piperidine rings is 1. The SMILES string of the molecule is CC[C@H](C)C(=O)N1CCC(CCO)CC1. The Morgan fingerprint density at radius 2 is 2.07 bits per heavy atom. The first-order chi connectivity index (χ1) is 7.19. The molecular weight excluding hydrogens is 190 g/mol. The van der Waals surface area contributed by atoms with Crippen molar-refractivity contribution >= 4 is 5.91 Å². The maximum atomic E-state index is 11.9. The van der Waals surface area contributed by atoms with Gasteiger partial charge in [-0.15, -0.1) is 0 Å². The van der Waals surface area contributed by atoms with E-state index >= 15 is 0 Å². The Labute approximate surface area is 92.5 Å². The lowest BCUT2D eigenvalue weighted by molar-refractivity contribution is -0.136. The van der Waals surface area contributed by atoms with E-state index in [1.165, 1.54) is 0 Å². The average Bonchev–Trinajstić information content (AvgIpc) is 2.28. The molecule has 1 N–H and O–H groups in total. The van der Waals surface area contributed by atoms with Crippen molar-refractivity contribution < 1.29 is 9.90 Å². The number of rotatable bonds is 4. The molecule has 1 aliphatic heterocycles. The van der Waals surface area contributed by atoms with E-state index in [-0.39, 0.29) is 12.5 Å². The van der Waals surface area contributed by atoms with E-state index in [0.29, 0.717) is 11.8 Å². The van der Waals surface area contributed by atoms with Gasteiger partial charge in [0.2, 0.25) is 5.91 Å². The molecule has 3 nitrogen and oxygen atoms in total. The van der Waals surface area contributed by atoms with Crippen molar-refractivity contribution in [1.29, 1.82) is 0 Å². The summed E-state index contributed by atoms with van der Waals surface area (Å²) in [6, 6.07) is 0. The smallest absolute Gasteiger partial charge is 0.225 e. The van der Waals surface area contributed by atoms with Crippen molar-refractivity contribution in [2.75, 3.05) is 19.7 Å². The molecule has 15 heavy (non-hydrogen) atoms. The van der Waals surface area contributed by atoms with Crippen LogP contribution in [0.5, 0.6) is 0 Å². The summed E-state index contributed by atoms with van der Waals surface area (Å²) in [7, 11) is 0. The lowest BCUT2D eigenvalue weighted by Crippen LogP contribution is -2.41. The molecule has 1 aliphatic rings. The van der Waals surface area contributed by atoms with Gasteiger partial charge in [0, 0.05) is 25.6 Å². The summed E-state index contributed by atoms with van der Waals surface area (Å²) in [4.78, 5) is 13.9. The molecule has 1 saturated heterocycles. The number of hydrogen-bond donors (Lipinski definition) is 1. The van der Waals surface area contributed by atoms with Gasteiger partial charge in [-0.3, -0.25) is 4.79 Å². The van der Waals surface area contributed by atoms with Gasteiger partial charge in [-0.05, 0) is 31.6 Å². The minimum Gasteiger partial charge on any atom is -0.396 e. The summed E-state index contributed by atoms with van der Waals surface area (Å²) in [5, 5.41) is 8.84. The van der Waals surface area contributed by atoms with E-state index in [9.17, 15) is 4.79 Å². The zero-order valence-corrected chi connectivity index (χ0v) is 9.91. The van der Waals surface area contributed by atoms with Crippen LogP contribution in [-0.2, 0) is 4.79 Å². The van der Waals surface area contributed by atoms with Crippen molar-refractivity contribution in [2.24, 2.45) is 11.8 Å². The minimum absolute atomic E-state index is 0.166. The largest absolute Gasteiger partial charge is 0.396 e.